The highest BCUT2D eigenvalue weighted by Gasteiger charge is 2.10. The van der Waals surface area contributed by atoms with Crippen LogP contribution in [0.3, 0.4) is 0 Å². The van der Waals surface area contributed by atoms with Gasteiger partial charge in [0.05, 0.1) is 12.7 Å². The molecule has 0 N–H and O–H groups in total. The second-order valence-electron chi connectivity index (χ2n) is 5.87. The molecule has 0 spiro atoms. The van der Waals surface area contributed by atoms with Crippen molar-refractivity contribution in [3.05, 3.63) is 29.3 Å². The van der Waals surface area contributed by atoms with Gasteiger partial charge in [-0.1, -0.05) is 39.8 Å². The first-order valence-corrected chi connectivity index (χ1v) is 7.30. The standard InChI is InChI=1S/C17H28O2/c1-12(2)15-7-8-17(16(11-15)13(3)4)19-10-9-18-14(5)6/h7-8,11-14H,9-10H2,1-6H3. The van der Waals surface area contributed by atoms with E-state index >= 15 is 0 Å². The van der Waals surface area contributed by atoms with Gasteiger partial charge in [-0.3, -0.25) is 0 Å². The Morgan fingerprint density at radius 3 is 2.11 bits per heavy atom. The Morgan fingerprint density at radius 1 is 0.895 bits per heavy atom. The normalized spacial score (nSPS) is 11.6. The molecule has 1 aromatic rings. The predicted octanol–water partition coefficient (Wildman–Crippen LogP) is 4.74. The summed E-state index contributed by atoms with van der Waals surface area (Å²) in [4.78, 5) is 0. The first kappa shape index (κ1) is 16.0. The van der Waals surface area contributed by atoms with E-state index in [-0.39, 0.29) is 6.10 Å². The van der Waals surface area contributed by atoms with E-state index in [0.29, 0.717) is 25.0 Å². The highest BCUT2D eigenvalue weighted by atomic mass is 16.5. The number of rotatable bonds is 7. The van der Waals surface area contributed by atoms with E-state index < -0.39 is 0 Å². The maximum atomic E-state index is 5.86. The van der Waals surface area contributed by atoms with Crippen LogP contribution in [0.1, 0.15) is 64.5 Å². The molecule has 1 aromatic carbocycles. The summed E-state index contributed by atoms with van der Waals surface area (Å²) in [6.45, 7) is 14.2. The van der Waals surface area contributed by atoms with Crippen molar-refractivity contribution in [1.82, 2.24) is 0 Å². The molecule has 0 saturated heterocycles. The minimum Gasteiger partial charge on any atom is -0.491 e. The van der Waals surface area contributed by atoms with Gasteiger partial charge in [0.2, 0.25) is 0 Å². The topological polar surface area (TPSA) is 18.5 Å². The average Bonchev–Trinajstić information content (AvgIpc) is 2.34. The fourth-order valence-electron chi connectivity index (χ4n) is 1.94. The fraction of sp³-hybridized carbons (Fsp3) is 0.647. The Morgan fingerprint density at radius 2 is 1.58 bits per heavy atom. The highest BCUT2D eigenvalue weighted by molar-refractivity contribution is 5.40. The third kappa shape index (κ3) is 5.23. The van der Waals surface area contributed by atoms with Gasteiger partial charge in [-0.05, 0) is 42.9 Å². The van der Waals surface area contributed by atoms with Gasteiger partial charge in [-0.25, -0.2) is 0 Å². The number of ether oxygens (including phenoxy) is 2. The second kappa shape index (κ2) is 7.54. The van der Waals surface area contributed by atoms with Gasteiger partial charge >= 0.3 is 0 Å². The lowest BCUT2D eigenvalue weighted by Gasteiger charge is -2.17. The summed E-state index contributed by atoms with van der Waals surface area (Å²) in [5, 5.41) is 0. The van der Waals surface area contributed by atoms with Crippen molar-refractivity contribution in [2.75, 3.05) is 13.2 Å². The van der Waals surface area contributed by atoms with Gasteiger partial charge < -0.3 is 9.47 Å². The lowest BCUT2D eigenvalue weighted by atomic mass is 9.95. The molecule has 0 heterocycles. The van der Waals surface area contributed by atoms with Crippen LogP contribution in [0.5, 0.6) is 5.75 Å². The molecule has 19 heavy (non-hydrogen) atoms. The Balaban J connectivity index is 2.71. The zero-order valence-electron chi connectivity index (χ0n) is 13.2. The third-order valence-corrected chi connectivity index (χ3v) is 3.11. The van der Waals surface area contributed by atoms with Crippen molar-refractivity contribution in [3.63, 3.8) is 0 Å². The lowest BCUT2D eigenvalue weighted by Crippen LogP contribution is -2.12. The Hall–Kier alpha value is -1.02. The number of hydrogen-bond donors (Lipinski definition) is 0. The van der Waals surface area contributed by atoms with Gasteiger partial charge in [-0.2, -0.15) is 0 Å². The van der Waals surface area contributed by atoms with E-state index in [1.165, 1.54) is 11.1 Å². The second-order valence-corrected chi connectivity index (χ2v) is 5.87. The monoisotopic (exact) mass is 264 g/mol. The minimum absolute atomic E-state index is 0.261. The fourth-order valence-corrected chi connectivity index (χ4v) is 1.94. The summed E-state index contributed by atoms with van der Waals surface area (Å²) in [6, 6.07) is 6.53. The molecule has 0 saturated carbocycles. The molecule has 0 atom stereocenters. The lowest BCUT2D eigenvalue weighted by molar-refractivity contribution is 0.0550. The molecule has 0 radical (unpaired) electrons. The van der Waals surface area contributed by atoms with Gasteiger partial charge in [0.15, 0.2) is 0 Å². The Kier molecular flexibility index (Phi) is 6.36. The van der Waals surface area contributed by atoms with Crippen molar-refractivity contribution >= 4 is 0 Å². The van der Waals surface area contributed by atoms with Crippen LogP contribution in [0.4, 0.5) is 0 Å². The molecule has 2 heteroatoms. The molecule has 0 fully saturated rings. The van der Waals surface area contributed by atoms with Crippen molar-refractivity contribution in [3.8, 4) is 5.75 Å². The van der Waals surface area contributed by atoms with Crippen LogP contribution in [0.2, 0.25) is 0 Å². The summed E-state index contributed by atoms with van der Waals surface area (Å²) in [5.74, 6) is 2.02. The quantitative estimate of drug-likeness (QED) is 0.662. The van der Waals surface area contributed by atoms with E-state index in [4.69, 9.17) is 9.47 Å². The molecule has 1 rings (SSSR count). The van der Waals surface area contributed by atoms with Crippen molar-refractivity contribution < 1.29 is 9.47 Å². The molecule has 2 nitrogen and oxygen atoms in total. The van der Waals surface area contributed by atoms with E-state index in [9.17, 15) is 0 Å². The van der Waals surface area contributed by atoms with Crippen LogP contribution in [-0.4, -0.2) is 19.3 Å². The minimum atomic E-state index is 0.261. The highest BCUT2D eigenvalue weighted by Crippen LogP contribution is 2.30. The number of benzene rings is 1. The predicted molar refractivity (Wildman–Crippen MR) is 81.2 cm³/mol. The van der Waals surface area contributed by atoms with Gasteiger partial charge in [0.1, 0.15) is 12.4 Å². The van der Waals surface area contributed by atoms with Crippen LogP contribution in [-0.2, 0) is 4.74 Å². The molecule has 108 valence electrons. The summed E-state index contributed by atoms with van der Waals surface area (Å²) in [7, 11) is 0. The SMILES string of the molecule is CC(C)OCCOc1ccc(C(C)C)cc1C(C)C. The molecular formula is C17H28O2. The molecular weight excluding hydrogens is 236 g/mol. The summed E-state index contributed by atoms with van der Waals surface area (Å²) in [5.41, 5.74) is 2.66. The van der Waals surface area contributed by atoms with Crippen LogP contribution in [0.15, 0.2) is 18.2 Å². The number of hydrogen-bond acceptors (Lipinski definition) is 2. The molecule has 0 aliphatic carbocycles. The smallest absolute Gasteiger partial charge is 0.122 e. The summed E-state index contributed by atoms with van der Waals surface area (Å²) in [6.07, 6.45) is 0.261. The zero-order valence-corrected chi connectivity index (χ0v) is 13.2. The molecule has 0 aliphatic rings. The van der Waals surface area contributed by atoms with Crippen LogP contribution in [0.25, 0.3) is 0 Å². The maximum Gasteiger partial charge on any atom is 0.122 e. The van der Waals surface area contributed by atoms with Crippen LogP contribution >= 0.6 is 0 Å². The third-order valence-electron chi connectivity index (χ3n) is 3.11. The van der Waals surface area contributed by atoms with Gasteiger partial charge in [0, 0.05) is 0 Å². The average molecular weight is 264 g/mol. The van der Waals surface area contributed by atoms with Crippen LogP contribution < -0.4 is 4.74 Å². The molecule has 0 amide bonds. The Bertz CT molecular complexity index is 381. The maximum absolute atomic E-state index is 5.86. The first-order chi connectivity index (χ1) is 8.91. The first-order valence-electron chi connectivity index (χ1n) is 7.30. The van der Waals surface area contributed by atoms with E-state index in [0.717, 1.165) is 5.75 Å². The van der Waals surface area contributed by atoms with Crippen molar-refractivity contribution in [1.29, 1.82) is 0 Å². The van der Waals surface area contributed by atoms with Gasteiger partial charge in [-0.15, -0.1) is 0 Å². The van der Waals surface area contributed by atoms with Crippen molar-refractivity contribution in [2.24, 2.45) is 0 Å². The molecule has 0 unspecified atom stereocenters. The largest absolute Gasteiger partial charge is 0.491 e. The van der Waals surface area contributed by atoms with E-state index in [2.05, 4.69) is 45.9 Å². The van der Waals surface area contributed by atoms with Crippen LogP contribution in [0, 0.1) is 0 Å². The van der Waals surface area contributed by atoms with E-state index in [1.54, 1.807) is 0 Å². The van der Waals surface area contributed by atoms with Gasteiger partial charge in [0.25, 0.3) is 0 Å². The van der Waals surface area contributed by atoms with Crippen molar-refractivity contribution in [2.45, 2.75) is 59.5 Å². The van der Waals surface area contributed by atoms with E-state index in [1.807, 2.05) is 13.8 Å². The molecule has 0 aliphatic heterocycles. The Labute approximate surface area is 118 Å². The summed E-state index contributed by atoms with van der Waals surface area (Å²) >= 11 is 0. The summed E-state index contributed by atoms with van der Waals surface area (Å²) < 4.78 is 11.4. The zero-order chi connectivity index (χ0) is 14.4. The molecule has 0 aromatic heterocycles. The molecule has 0 bridgehead atoms.